The quantitative estimate of drug-likeness (QED) is 0.611. The van der Waals surface area contributed by atoms with Gasteiger partial charge in [-0.15, -0.1) is 0 Å². The maximum atomic E-state index is 13.3. The summed E-state index contributed by atoms with van der Waals surface area (Å²) in [6.45, 7) is 1.27. The van der Waals surface area contributed by atoms with Crippen LogP contribution in [-0.4, -0.2) is 43.2 Å². The van der Waals surface area contributed by atoms with Crippen molar-refractivity contribution in [2.45, 2.75) is 24.2 Å². The third-order valence-corrected chi connectivity index (χ3v) is 7.30. The first kappa shape index (κ1) is 21.2. The minimum Gasteiger partial charge on any atom is -0.352 e. The Morgan fingerprint density at radius 2 is 1.77 bits per heavy atom. The second-order valence-corrected chi connectivity index (χ2v) is 9.43. The third kappa shape index (κ3) is 4.52. The summed E-state index contributed by atoms with van der Waals surface area (Å²) in [5, 5.41) is 3.44. The topological polar surface area (TPSA) is 99.3 Å². The van der Waals surface area contributed by atoms with Gasteiger partial charge < -0.3 is 10.3 Å². The van der Waals surface area contributed by atoms with E-state index in [0.29, 0.717) is 41.5 Å². The molecule has 2 heterocycles. The van der Waals surface area contributed by atoms with E-state index in [4.69, 9.17) is 0 Å². The van der Waals surface area contributed by atoms with E-state index in [-0.39, 0.29) is 22.9 Å². The summed E-state index contributed by atoms with van der Waals surface area (Å²) in [6, 6.07) is 11.7. The molecule has 0 bridgehead atoms. The number of sulfonamides is 1. The maximum Gasteiger partial charge on any atom is 0.251 e. The summed E-state index contributed by atoms with van der Waals surface area (Å²) in [7, 11) is -3.52. The van der Waals surface area contributed by atoms with Crippen molar-refractivity contribution in [2.75, 3.05) is 19.6 Å². The SMILES string of the molecule is O=C(NCCc1cc2ccc(F)cc2[nH]c1=O)c1ccc(S(=O)(=O)N2CCCC2)cc1. The molecule has 1 amide bonds. The van der Waals surface area contributed by atoms with Crippen LogP contribution in [-0.2, 0) is 16.4 Å². The van der Waals surface area contributed by atoms with E-state index in [1.54, 1.807) is 12.1 Å². The molecule has 2 N–H and O–H groups in total. The molecule has 1 saturated heterocycles. The molecule has 162 valence electrons. The zero-order chi connectivity index (χ0) is 22.0. The Kier molecular flexibility index (Phi) is 5.88. The Morgan fingerprint density at radius 1 is 1.06 bits per heavy atom. The predicted octanol–water partition coefficient (Wildman–Crippen LogP) is 2.42. The van der Waals surface area contributed by atoms with Crippen molar-refractivity contribution in [1.82, 2.24) is 14.6 Å². The van der Waals surface area contributed by atoms with E-state index in [1.807, 2.05) is 0 Å². The molecule has 0 saturated carbocycles. The molecular weight excluding hydrogens is 421 g/mol. The number of pyridine rings is 1. The molecule has 0 radical (unpaired) electrons. The molecule has 3 aromatic rings. The zero-order valence-corrected chi connectivity index (χ0v) is 17.5. The fraction of sp³-hybridized carbons (Fsp3) is 0.273. The van der Waals surface area contributed by atoms with E-state index < -0.39 is 15.8 Å². The Hall–Kier alpha value is -3.04. The average molecular weight is 444 g/mol. The van der Waals surface area contributed by atoms with Crippen LogP contribution in [0, 0.1) is 5.82 Å². The van der Waals surface area contributed by atoms with Gasteiger partial charge in [0.1, 0.15) is 5.82 Å². The molecular formula is C22H22FN3O4S. The van der Waals surface area contributed by atoms with E-state index in [2.05, 4.69) is 10.3 Å². The van der Waals surface area contributed by atoms with E-state index in [1.165, 1.54) is 40.7 Å². The average Bonchev–Trinajstić information content (AvgIpc) is 3.30. The Balaban J connectivity index is 1.39. The molecule has 0 atom stereocenters. The second kappa shape index (κ2) is 8.60. The number of carbonyl (C=O) groups excluding carboxylic acids is 1. The van der Waals surface area contributed by atoms with Gasteiger partial charge in [0, 0.05) is 30.8 Å². The molecule has 0 spiro atoms. The number of hydrogen-bond donors (Lipinski definition) is 2. The molecule has 9 heteroatoms. The van der Waals surface area contributed by atoms with Gasteiger partial charge in [-0.1, -0.05) is 0 Å². The van der Waals surface area contributed by atoms with E-state index >= 15 is 0 Å². The minimum absolute atomic E-state index is 0.171. The van der Waals surface area contributed by atoms with Gasteiger partial charge in [-0.25, -0.2) is 12.8 Å². The van der Waals surface area contributed by atoms with Crippen LogP contribution in [0.4, 0.5) is 4.39 Å². The van der Waals surface area contributed by atoms with Crippen LogP contribution in [0.25, 0.3) is 10.9 Å². The van der Waals surface area contributed by atoms with Crippen molar-refractivity contribution in [2.24, 2.45) is 0 Å². The van der Waals surface area contributed by atoms with Crippen molar-refractivity contribution < 1.29 is 17.6 Å². The van der Waals surface area contributed by atoms with Crippen LogP contribution >= 0.6 is 0 Å². The number of benzene rings is 2. The van der Waals surface area contributed by atoms with Gasteiger partial charge in [0.2, 0.25) is 10.0 Å². The lowest BCUT2D eigenvalue weighted by atomic mass is 10.1. The van der Waals surface area contributed by atoms with Crippen LogP contribution in [0.1, 0.15) is 28.8 Å². The Morgan fingerprint density at radius 3 is 2.48 bits per heavy atom. The predicted molar refractivity (Wildman–Crippen MR) is 115 cm³/mol. The lowest BCUT2D eigenvalue weighted by molar-refractivity contribution is 0.0954. The highest BCUT2D eigenvalue weighted by Crippen LogP contribution is 2.21. The first-order valence-electron chi connectivity index (χ1n) is 10.0. The zero-order valence-electron chi connectivity index (χ0n) is 16.7. The van der Waals surface area contributed by atoms with E-state index in [9.17, 15) is 22.4 Å². The van der Waals surface area contributed by atoms with Gasteiger partial charge >= 0.3 is 0 Å². The molecule has 7 nitrogen and oxygen atoms in total. The number of fused-ring (bicyclic) bond motifs is 1. The molecule has 4 rings (SSSR count). The summed E-state index contributed by atoms with van der Waals surface area (Å²) < 4.78 is 39.9. The van der Waals surface area contributed by atoms with Crippen molar-refractivity contribution in [3.8, 4) is 0 Å². The van der Waals surface area contributed by atoms with Crippen LogP contribution in [0.3, 0.4) is 0 Å². The van der Waals surface area contributed by atoms with Crippen molar-refractivity contribution in [3.63, 3.8) is 0 Å². The van der Waals surface area contributed by atoms with Crippen LogP contribution in [0.2, 0.25) is 0 Å². The fourth-order valence-electron chi connectivity index (χ4n) is 3.67. The molecule has 1 aromatic heterocycles. The number of carbonyl (C=O) groups is 1. The number of aromatic amines is 1. The van der Waals surface area contributed by atoms with Crippen molar-refractivity contribution >= 4 is 26.8 Å². The lowest BCUT2D eigenvalue weighted by Crippen LogP contribution is -2.28. The molecule has 1 aliphatic rings. The normalized spacial score (nSPS) is 14.7. The summed E-state index contributed by atoms with van der Waals surface area (Å²) in [5.41, 5.74) is 0.903. The van der Waals surface area contributed by atoms with E-state index in [0.717, 1.165) is 12.8 Å². The summed E-state index contributed by atoms with van der Waals surface area (Å²) in [5.74, 6) is -0.785. The summed E-state index contributed by atoms with van der Waals surface area (Å²) in [4.78, 5) is 27.4. The first-order valence-corrected chi connectivity index (χ1v) is 11.5. The van der Waals surface area contributed by atoms with Crippen molar-refractivity contribution in [3.05, 3.63) is 75.8 Å². The minimum atomic E-state index is -3.52. The highest BCUT2D eigenvalue weighted by atomic mass is 32.2. The lowest BCUT2D eigenvalue weighted by Gasteiger charge is -2.15. The second-order valence-electron chi connectivity index (χ2n) is 7.50. The number of amides is 1. The number of halogens is 1. The van der Waals surface area contributed by atoms with Gasteiger partial charge in [0.25, 0.3) is 11.5 Å². The number of rotatable bonds is 6. The molecule has 2 aromatic carbocycles. The monoisotopic (exact) mass is 443 g/mol. The number of aromatic nitrogens is 1. The summed E-state index contributed by atoms with van der Waals surface area (Å²) in [6.07, 6.45) is 2.02. The van der Waals surface area contributed by atoms with Crippen LogP contribution < -0.4 is 10.9 Å². The number of nitrogens with zero attached hydrogens (tertiary/aromatic N) is 1. The molecule has 0 aliphatic carbocycles. The molecule has 31 heavy (non-hydrogen) atoms. The largest absolute Gasteiger partial charge is 0.352 e. The highest BCUT2D eigenvalue weighted by molar-refractivity contribution is 7.89. The fourth-order valence-corrected chi connectivity index (χ4v) is 5.19. The maximum absolute atomic E-state index is 13.3. The molecule has 1 aliphatic heterocycles. The molecule has 1 fully saturated rings. The van der Waals surface area contributed by atoms with Crippen LogP contribution in [0.15, 0.2) is 58.2 Å². The smallest absolute Gasteiger partial charge is 0.251 e. The highest BCUT2D eigenvalue weighted by Gasteiger charge is 2.27. The Bertz CT molecular complexity index is 1280. The Labute approximate surface area is 178 Å². The number of nitrogens with one attached hydrogen (secondary N) is 2. The third-order valence-electron chi connectivity index (χ3n) is 5.38. The van der Waals surface area contributed by atoms with Crippen molar-refractivity contribution in [1.29, 1.82) is 0 Å². The van der Waals surface area contributed by atoms with Gasteiger partial charge in [0.15, 0.2) is 0 Å². The van der Waals surface area contributed by atoms with Gasteiger partial charge in [-0.3, -0.25) is 9.59 Å². The number of H-pyrrole nitrogens is 1. The molecule has 0 unspecified atom stereocenters. The van der Waals surface area contributed by atoms with Gasteiger partial charge in [-0.05, 0) is 73.2 Å². The number of hydrogen-bond acceptors (Lipinski definition) is 4. The summed E-state index contributed by atoms with van der Waals surface area (Å²) >= 11 is 0. The van der Waals surface area contributed by atoms with Gasteiger partial charge in [0.05, 0.1) is 10.4 Å². The first-order chi connectivity index (χ1) is 14.8. The van der Waals surface area contributed by atoms with Crippen LogP contribution in [0.5, 0.6) is 0 Å². The standard InChI is InChI=1S/C22H22FN3O4S/c23-18-6-3-16-13-17(22(28)25-20(16)14-18)9-10-24-21(27)15-4-7-19(8-5-15)31(29,30)26-11-1-2-12-26/h3-8,13-14H,1-2,9-12H2,(H,24,27)(H,25,28). The van der Waals surface area contributed by atoms with Gasteiger partial charge in [-0.2, -0.15) is 4.31 Å².